The highest BCUT2D eigenvalue weighted by molar-refractivity contribution is 8.06. The number of amides is 1. The van der Waals surface area contributed by atoms with E-state index in [4.69, 9.17) is 4.74 Å². The molecule has 0 atom stereocenters. The summed E-state index contributed by atoms with van der Waals surface area (Å²) in [6.07, 6.45) is 9.73. The van der Waals surface area contributed by atoms with E-state index in [0.717, 1.165) is 58.2 Å². The van der Waals surface area contributed by atoms with Crippen molar-refractivity contribution in [1.82, 2.24) is 15.5 Å². The Bertz CT molecular complexity index is 1070. The van der Waals surface area contributed by atoms with Gasteiger partial charge in [0, 0.05) is 18.5 Å². The van der Waals surface area contributed by atoms with Gasteiger partial charge in [-0.2, -0.15) is 5.10 Å². The Morgan fingerprint density at radius 2 is 1.84 bits per heavy atom. The minimum Gasteiger partial charge on any atom is -0.494 e. The molecule has 1 aromatic heterocycles. The lowest BCUT2D eigenvalue weighted by Gasteiger charge is -2.14. The minimum absolute atomic E-state index is 0.0892. The zero-order chi connectivity index (χ0) is 27.8. The number of allylic oxidation sites excluding steroid dienone is 6. The van der Waals surface area contributed by atoms with Crippen LogP contribution in [0.4, 0.5) is 10.2 Å². The third-order valence-electron chi connectivity index (χ3n) is 5.23. The van der Waals surface area contributed by atoms with Gasteiger partial charge in [-0.25, -0.2) is 4.39 Å². The van der Waals surface area contributed by atoms with Crippen molar-refractivity contribution in [2.45, 2.75) is 59.3 Å². The summed E-state index contributed by atoms with van der Waals surface area (Å²) < 4.78 is 18.4. The number of ether oxygens (including phenoxy) is 1. The van der Waals surface area contributed by atoms with Crippen LogP contribution >= 0.6 is 11.8 Å². The summed E-state index contributed by atoms with van der Waals surface area (Å²) in [6, 6.07) is 3.67. The fraction of sp³-hybridized carbons (Fsp3) is 0.345. The number of halogens is 1. The lowest BCUT2D eigenvalue weighted by atomic mass is 10.1. The van der Waals surface area contributed by atoms with Crippen molar-refractivity contribution in [1.29, 1.82) is 0 Å². The fourth-order valence-electron chi connectivity index (χ4n) is 3.12. The molecule has 1 aromatic rings. The van der Waals surface area contributed by atoms with E-state index in [2.05, 4.69) is 47.1 Å². The van der Waals surface area contributed by atoms with Crippen molar-refractivity contribution < 1.29 is 13.9 Å². The number of unbranched alkanes of at least 4 members (excludes halogenated alkanes) is 1. The van der Waals surface area contributed by atoms with Crippen molar-refractivity contribution in [3.05, 3.63) is 101 Å². The third kappa shape index (κ3) is 13.5. The molecule has 2 N–H and O–H groups in total. The van der Waals surface area contributed by atoms with Crippen LogP contribution in [-0.4, -0.2) is 23.2 Å². The average Bonchev–Trinajstić information content (AvgIpc) is 2.84. The number of hydrogen-bond donors (Lipinski definition) is 2. The van der Waals surface area contributed by atoms with Gasteiger partial charge in [0.05, 0.1) is 17.8 Å². The molecule has 8 heteroatoms. The predicted molar refractivity (Wildman–Crippen MR) is 154 cm³/mol. The first kappa shape index (κ1) is 31.6. The van der Waals surface area contributed by atoms with Crippen LogP contribution in [0.2, 0.25) is 0 Å². The predicted octanol–water partition coefficient (Wildman–Crippen LogP) is 7.66. The quantitative estimate of drug-likeness (QED) is 0.0939. The van der Waals surface area contributed by atoms with E-state index >= 15 is 0 Å². The highest BCUT2D eigenvalue weighted by Crippen LogP contribution is 2.27. The van der Waals surface area contributed by atoms with E-state index in [0.29, 0.717) is 18.7 Å². The van der Waals surface area contributed by atoms with Gasteiger partial charge in [-0.1, -0.05) is 55.8 Å². The molecule has 0 fully saturated rings. The first-order valence-electron chi connectivity index (χ1n) is 12.1. The number of hydrogen-bond acceptors (Lipinski definition) is 6. The van der Waals surface area contributed by atoms with Crippen LogP contribution < -0.4 is 10.6 Å². The van der Waals surface area contributed by atoms with Crippen LogP contribution in [0.3, 0.4) is 0 Å². The zero-order valence-corrected chi connectivity index (χ0v) is 23.3. The number of thioether (sulfide) groups is 1. The van der Waals surface area contributed by atoms with E-state index in [1.54, 1.807) is 12.1 Å². The van der Waals surface area contributed by atoms with Gasteiger partial charge in [-0.05, 0) is 75.1 Å². The highest BCUT2D eigenvalue weighted by atomic mass is 32.2. The molecule has 1 rings (SSSR count). The second-order valence-electron chi connectivity index (χ2n) is 8.43. The summed E-state index contributed by atoms with van der Waals surface area (Å²) in [4.78, 5) is 12.9. The SMILES string of the molecule is C=C(CC(=C/C)/C=C(/OC)C(=C)F)NC(=C)SC(=C)CCCCc1ccc(NC(=O)C/C(C)=C/C)nn1. The largest absolute Gasteiger partial charge is 0.494 e. The smallest absolute Gasteiger partial charge is 0.229 e. The maximum absolute atomic E-state index is 13.4. The Hall–Kier alpha value is -3.39. The molecule has 0 saturated heterocycles. The molecule has 0 aliphatic heterocycles. The van der Waals surface area contributed by atoms with Crippen molar-refractivity contribution in [3.8, 4) is 0 Å². The first-order chi connectivity index (χ1) is 17.6. The summed E-state index contributed by atoms with van der Waals surface area (Å²) in [6.45, 7) is 21.2. The normalized spacial score (nSPS) is 12.1. The van der Waals surface area contributed by atoms with Crippen molar-refractivity contribution in [2.75, 3.05) is 12.4 Å². The van der Waals surface area contributed by atoms with Crippen molar-refractivity contribution >= 4 is 23.5 Å². The van der Waals surface area contributed by atoms with Gasteiger partial charge >= 0.3 is 0 Å². The van der Waals surface area contributed by atoms with Crippen LogP contribution in [0.15, 0.2) is 95.0 Å². The maximum Gasteiger partial charge on any atom is 0.229 e. The minimum atomic E-state index is -0.625. The molecule has 1 heterocycles. The summed E-state index contributed by atoms with van der Waals surface area (Å²) in [7, 11) is 1.40. The van der Waals surface area contributed by atoms with Crippen LogP contribution in [0.25, 0.3) is 0 Å². The number of anilines is 1. The Kier molecular flexibility index (Phi) is 14.7. The second kappa shape index (κ2) is 17.1. The molecule has 37 heavy (non-hydrogen) atoms. The van der Waals surface area contributed by atoms with E-state index in [1.807, 2.05) is 39.0 Å². The molecule has 0 bridgehead atoms. The fourth-order valence-corrected chi connectivity index (χ4v) is 3.91. The molecule has 0 radical (unpaired) electrons. The first-order valence-corrected chi connectivity index (χ1v) is 12.9. The average molecular weight is 527 g/mol. The lowest BCUT2D eigenvalue weighted by Crippen LogP contribution is -2.13. The molecule has 200 valence electrons. The van der Waals surface area contributed by atoms with E-state index in [-0.39, 0.29) is 11.7 Å². The van der Waals surface area contributed by atoms with Gasteiger partial charge in [0.1, 0.15) is 0 Å². The van der Waals surface area contributed by atoms with Crippen LogP contribution in [-0.2, 0) is 16.0 Å². The number of aryl methyl sites for hydroxylation is 1. The molecule has 0 aromatic carbocycles. The molecule has 0 saturated carbocycles. The topological polar surface area (TPSA) is 76.1 Å². The van der Waals surface area contributed by atoms with Crippen LogP contribution in [0, 0.1) is 0 Å². The second-order valence-corrected chi connectivity index (χ2v) is 9.70. The summed E-state index contributed by atoms with van der Waals surface area (Å²) in [5.74, 6) is -0.179. The summed E-state index contributed by atoms with van der Waals surface area (Å²) in [5.41, 5.74) is 3.45. The highest BCUT2D eigenvalue weighted by Gasteiger charge is 2.08. The third-order valence-corrected chi connectivity index (χ3v) is 6.08. The monoisotopic (exact) mass is 526 g/mol. The molecule has 0 spiro atoms. The number of aromatic nitrogens is 2. The number of carbonyl (C=O) groups excluding carboxylic acids is 1. The van der Waals surface area contributed by atoms with Gasteiger partial charge in [-0.3, -0.25) is 4.79 Å². The molecular weight excluding hydrogens is 487 g/mol. The van der Waals surface area contributed by atoms with Gasteiger partial charge in [0.25, 0.3) is 0 Å². The molecule has 0 aliphatic rings. The Labute approximate surface area is 225 Å². The lowest BCUT2D eigenvalue weighted by molar-refractivity contribution is -0.115. The molecule has 6 nitrogen and oxygen atoms in total. The summed E-state index contributed by atoms with van der Waals surface area (Å²) >= 11 is 1.48. The number of nitrogens with one attached hydrogen (secondary N) is 2. The molecule has 0 unspecified atom stereocenters. The van der Waals surface area contributed by atoms with E-state index in [9.17, 15) is 9.18 Å². The maximum atomic E-state index is 13.4. The van der Waals surface area contributed by atoms with Gasteiger partial charge in [0.15, 0.2) is 17.4 Å². The van der Waals surface area contributed by atoms with Gasteiger partial charge in [0.2, 0.25) is 5.91 Å². The van der Waals surface area contributed by atoms with Gasteiger partial charge in [-0.15, -0.1) is 5.10 Å². The molecule has 0 aliphatic carbocycles. The number of rotatable bonds is 17. The van der Waals surface area contributed by atoms with E-state index in [1.165, 1.54) is 18.9 Å². The number of methoxy groups -OCH3 is 1. The summed E-state index contributed by atoms with van der Waals surface area (Å²) in [5, 5.41) is 15.0. The van der Waals surface area contributed by atoms with Crippen LogP contribution in [0.1, 0.15) is 58.6 Å². The van der Waals surface area contributed by atoms with Crippen LogP contribution in [0.5, 0.6) is 0 Å². The Morgan fingerprint density at radius 1 is 1.11 bits per heavy atom. The number of nitrogens with zero attached hydrogens (tertiary/aromatic N) is 2. The van der Waals surface area contributed by atoms with Crippen molar-refractivity contribution in [3.63, 3.8) is 0 Å². The Balaban J connectivity index is 2.37. The standard InChI is InChI=1S/C29H39FN4O2S/c1-9-20(3)17-29(35)32-28-16-15-26(33-34-28)14-12-11-13-22(5)37-24(7)31-21(4)18-25(10-2)19-27(36-8)23(6)30/h9-10,15-16,19,31H,4-7,11-14,17-18H2,1-3,8H3,(H,32,34,35)/b20-9+,25-10-,27-19+. The van der Waals surface area contributed by atoms with Gasteiger partial charge < -0.3 is 15.4 Å². The molecule has 1 amide bonds. The zero-order valence-electron chi connectivity index (χ0n) is 22.5. The molecular formula is C29H39FN4O2S. The number of carbonyl (C=O) groups is 1. The van der Waals surface area contributed by atoms with E-state index < -0.39 is 5.83 Å². The Morgan fingerprint density at radius 3 is 2.41 bits per heavy atom. The van der Waals surface area contributed by atoms with Crippen molar-refractivity contribution in [2.24, 2.45) is 0 Å².